The number of aliphatic hydroxyl groups is 1. The molecule has 0 saturated carbocycles. The molecule has 0 aliphatic heterocycles. The molecule has 0 spiro atoms. The highest BCUT2D eigenvalue weighted by atomic mass is 35.5. The molecule has 19 heavy (non-hydrogen) atoms. The summed E-state index contributed by atoms with van der Waals surface area (Å²) in [5, 5.41) is 15.1. The molecule has 1 N–H and O–H groups in total. The fourth-order valence-electron chi connectivity index (χ4n) is 1.91. The lowest BCUT2D eigenvalue weighted by Crippen LogP contribution is -2.00. The number of ether oxygens (including phenoxy) is 1. The zero-order chi connectivity index (χ0) is 13.8. The second-order valence-electron chi connectivity index (χ2n) is 4.33. The average molecular weight is 281 g/mol. The summed E-state index contributed by atoms with van der Waals surface area (Å²) in [7, 11) is 1.55. The third-order valence-corrected chi connectivity index (χ3v) is 3.22. The monoisotopic (exact) mass is 280 g/mol. The molecule has 0 aliphatic carbocycles. The summed E-state index contributed by atoms with van der Waals surface area (Å²) in [5.41, 5.74) is 1.50. The maximum Gasteiger partial charge on any atom is 0.137 e. The lowest BCUT2D eigenvalue weighted by atomic mass is 10.0. The van der Waals surface area contributed by atoms with Crippen LogP contribution in [0, 0.1) is 0 Å². The lowest BCUT2D eigenvalue weighted by molar-refractivity contribution is 0.219. The molecule has 1 unspecified atom stereocenters. The minimum atomic E-state index is -0.725. The van der Waals surface area contributed by atoms with Crippen molar-refractivity contribution in [1.82, 2.24) is 9.78 Å². The highest BCUT2D eigenvalue weighted by Crippen LogP contribution is 2.30. The van der Waals surface area contributed by atoms with Gasteiger partial charge < -0.3 is 9.84 Å². The van der Waals surface area contributed by atoms with E-state index < -0.39 is 6.10 Å². The van der Waals surface area contributed by atoms with Crippen LogP contribution in [-0.4, -0.2) is 22.0 Å². The maximum atomic E-state index is 10.3. The van der Waals surface area contributed by atoms with Crippen molar-refractivity contribution in [2.24, 2.45) is 0 Å². The topological polar surface area (TPSA) is 47.3 Å². The molecule has 0 fully saturated rings. The summed E-state index contributed by atoms with van der Waals surface area (Å²) in [6, 6.07) is 5.24. The quantitative estimate of drug-likeness (QED) is 0.916. The first-order valence-corrected chi connectivity index (χ1v) is 6.57. The van der Waals surface area contributed by atoms with E-state index in [9.17, 15) is 5.11 Å². The van der Waals surface area contributed by atoms with Crippen molar-refractivity contribution >= 4 is 11.6 Å². The van der Waals surface area contributed by atoms with Crippen molar-refractivity contribution < 1.29 is 9.84 Å². The molecule has 2 aromatic rings. The standard InChI is InChI=1S/C14H17ClN2O2/c1-3-6-17-9-11(8-16-17)14(18)10-4-5-12(15)13(7-10)19-2/h4-5,7-9,14,18H,3,6H2,1-2H3. The number of nitrogens with zero attached hydrogens (tertiary/aromatic N) is 2. The molecule has 1 aromatic carbocycles. The van der Waals surface area contributed by atoms with Crippen LogP contribution in [-0.2, 0) is 6.54 Å². The van der Waals surface area contributed by atoms with E-state index in [0.29, 0.717) is 10.8 Å². The van der Waals surface area contributed by atoms with E-state index in [1.807, 2.05) is 10.9 Å². The Morgan fingerprint density at radius 1 is 1.42 bits per heavy atom. The van der Waals surface area contributed by atoms with Crippen molar-refractivity contribution in [1.29, 1.82) is 0 Å². The molecular formula is C14H17ClN2O2. The first kappa shape index (κ1) is 13.9. The van der Waals surface area contributed by atoms with Crippen LogP contribution in [0.25, 0.3) is 0 Å². The molecule has 5 heteroatoms. The highest BCUT2D eigenvalue weighted by Gasteiger charge is 2.14. The predicted octanol–water partition coefficient (Wildman–Crippen LogP) is 3.04. The van der Waals surface area contributed by atoms with Crippen LogP contribution in [0.1, 0.15) is 30.6 Å². The second-order valence-corrected chi connectivity index (χ2v) is 4.74. The van der Waals surface area contributed by atoms with Crippen LogP contribution in [0.15, 0.2) is 30.6 Å². The summed E-state index contributed by atoms with van der Waals surface area (Å²) in [6.45, 7) is 2.93. The molecule has 0 saturated heterocycles. The van der Waals surface area contributed by atoms with Crippen molar-refractivity contribution in [3.05, 3.63) is 46.7 Å². The van der Waals surface area contributed by atoms with Gasteiger partial charge in [0, 0.05) is 18.3 Å². The first-order valence-electron chi connectivity index (χ1n) is 6.19. The van der Waals surface area contributed by atoms with Gasteiger partial charge in [0.25, 0.3) is 0 Å². The molecule has 4 nitrogen and oxygen atoms in total. The Kier molecular flexibility index (Phi) is 4.45. The van der Waals surface area contributed by atoms with E-state index in [1.165, 1.54) is 0 Å². The Balaban J connectivity index is 2.24. The van der Waals surface area contributed by atoms with E-state index in [4.69, 9.17) is 16.3 Å². The Morgan fingerprint density at radius 3 is 2.89 bits per heavy atom. The fraction of sp³-hybridized carbons (Fsp3) is 0.357. The van der Waals surface area contributed by atoms with Crippen LogP contribution in [0.4, 0.5) is 0 Å². The minimum Gasteiger partial charge on any atom is -0.495 e. The molecule has 0 amide bonds. The Hall–Kier alpha value is -1.52. The third-order valence-electron chi connectivity index (χ3n) is 2.91. The van der Waals surface area contributed by atoms with Crippen molar-refractivity contribution in [3.8, 4) is 5.75 Å². The van der Waals surface area contributed by atoms with Gasteiger partial charge >= 0.3 is 0 Å². The van der Waals surface area contributed by atoms with Gasteiger partial charge in [0.05, 0.1) is 18.3 Å². The number of hydrogen-bond donors (Lipinski definition) is 1. The number of methoxy groups -OCH3 is 1. The fourth-order valence-corrected chi connectivity index (χ4v) is 2.11. The lowest BCUT2D eigenvalue weighted by Gasteiger charge is -2.11. The number of hydrogen-bond acceptors (Lipinski definition) is 3. The number of aryl methyl sites for hydroxylation is 1. The van der Waals surface area contributed by atoms with E-state index in [1.54, 1.807) is 31.5 Å². The summed E-state index contributed by atoms with van der Waals surface area (Å²) in [5.74, 6) is 0.555. The van der Waals surface area contributed by atoms with Crippen LogP contribution < -0.4 is 4.74 Å². The van der Waals surface area contributed by atoms with Crippen molar-refractivity contribution in [3.63, 3.8) is 0 Å². The summed E-state index contributed by atoms with van der Waals surface area (Å²) >= 11 is 5.97. The van der Waals surface area contributed by atoms with E-state index in [0.717, 1.165) is 24.1 Å². The number of aliphatic hydroxyl groups excluding tert-OH is 1. The van der Waals surface area contributed by atoms with Crippen LogP contribution in [0.2, 0.25) is 5.02 Å². The summed E-state index contributed by atoms with van der Waals surface area (Å²) in [4.78, 5) is 0. The number of benzene rings is 1. The van der Waals surface area contributed by atoms with Gasteiger partial charge in [0.1, 0.15) is 11.9 Å². The third kappa shape index (κ3) is 3.08. The molecule has 102 valence electrons. The number of halogens is 1. The molecule has 1 aromatic heterocycles. The largest absolute Gasteiger partial charge is 0.495 e. The van der Waals surface area contributed by atoms with Gasteiger partial charge in [0.15, 0.2) is 0 Å². The van der Waals surface area contributed by atoms with Gasteiger partial charge in [0.2, 0.25) is 0 Å². The maximum absolute atomic E-state index is 10.3. The van der Waals surface area contributed by atoms with Gasteiger partial charge in [-0.1, -0.05) is 24.6 Å². The summed E-state index contributed by atoms with van der Waals surface area (Å²) in [6.07, 6.45) is 3.82. The van der Waals surface area contributed by atoms with E-state index >= 15 is 0 Å². The van der Waals surface area contributed by atoms with E-state index in [-0.39, 0.29) is 0 Å². The molecular weight excluding hydrogens is 264 g/mol. The Labute approximate surface area is 117 Å². The highest BCUT2D eigenvalue weighted by molar-refractivity contribution is 6.32. The van der Waals surface area contributed by atoms with Crippen LogP contribution >= 0.6 is 11.6 Å². The normalized spacial score (nSPS) is 12.4. The molecule has 1 heterocycles. The second kappa shape index (κ2) is 6.08. The van der Waals surface area contributed by atoms with Crippen LogP contribution in [0.3, 0.4) is 0 Å². The minimum absolute atomic E-state index is 0.528. The van der Waals surface area contributed by atoms with Gasteiger partial charge in [-0.2, -0.15) is 5.10 Å². The molecule has 0 radical (unpaired) electrons. The zero-order valence-corrected chi connectivity index (χ0v) is 11.8. The average Bonchev–Trinajstić information content (AvgIpc) is 2.87. The number of aromatic nitrogens is 2. The van der Waals surface area contributed by atoms with Crippen molar-refractivity contribution in [2.45, 2.75) is 26.0 Å². The van der Waals surface area contributed by atoms with Gasteiger partial charge in [-0.05, 0) is 24.1 Å². The van der Waals surface area contributed by atoms with Gasteiger partial charge in [-0.25, -0.2) is 0 Å². The van der Waals surface area contributed by atoms with Crippen LogP contribution in [0.5, 0.6) is 5.75 Å². The number of rotatable bonds is 5. The Bertz CT molecular complexity index is 554. The smallest absolute Gasteiger partial charge is 0.137 e. The molecule has 2 rings (SSSR count). The van der Waals surface area contributed by atoms with Crippen molar-refractivity contribution in [2.75, 3.05) is 7.11 Å². The van der Waals surface area contributed by atoms with Gasteiger partial charge in [-0.3, -0.25) is 4.68 Å². The van der Waals surface area contributed by atoms with Gasteiger partial charge in [-0.15, -0.1) is 0 Å². The predicted molar refractivity (Wildman–Crippen MR) is 74.6 cm³/mol. The molecule has 0 aliphatic rings. The zero-order valence-electron chi connectivity index (χ0n) is 11.0. The molecule has 0 bridgehead atoms. The SMILES string of the molecule is CCCn1cc(C(O)c2ccc(Cl)c(OC)c2)cn1. The summed E-state index contributed by atoms with van der Waals surface area (Å²) < 4.78 is 6.98. The van der Waals surface area contributed by atoms with E-state index in [2.05, 4.69) is 12.0 Å². The molecule has 1 atom stereocenters. The first-order chi connectivity index (χ1) is 9.15. The Morgan fingerprint density at radius 2 is 2.21 bits per heavy atom.